The second kappa shape index (κ2) is 4.32. The summed E-state index contributed by atoms with van der Waals surface area (Å²) >= 11 is 4.64. The number of aryl methyl sites for hydroxylation is 1. The normalized spacial score (nSPS) is 11.1. The Kier molecular flexibility index (Phi) is 2.87. The summed E-state index contributed by atoms with van der Waals surface area (Å²) in [5.74, 6) is 0. The maximum atomic E-state index is 5.25. The predicted octanol–water partition coefficient (Wildman–Crippen LogP) is 1.35. The molecule has 4 nitrogen and oxygen atoms in total. The van der Waals surface area contributed by atoms with Gasteiger partial charge in [-0.2, -0.15) is 5.10 Å². The highest BCUT2D eigenvalue weighted by atomic mass is 32.1. The lowest BCUT2D eigenvalue weighted by molar-refractivity contribution is 0.969. The van der Waals surface area contributed by atoms with Gasteiger partial charge in [0.15, 0.2) is 5.11 Å². The summed E-state index contributed by atoms with van der Waals surface area (Å²) in [5.41, 5.74) is 9.97. The molecule has 0 aliphatic heterocycles. The Labute approximate surface area is 98.7 Å². The zero-order valence-electron chi connectivity index (χ0n) is 8.84. The maximum Gasteiger partial charge on any atom is 0.184 e. The van der Waals surface area contributed by atoms with Gasteiger partial charge in [-0.25, -0.2) is 0 Å². The van der Waals surface area contributed by atoms with Gasteiger partial charge in [-0.3, -0.25) is 5.43 Å². The number of nitrogens with one attached hydrogen (secondary N) is 1. The number of benzene rings is 1. The molecule has 16 heavy (non-hydrogen) atoms. The van der Waals surface area contributed by atoms with Crippen LogP contribution in [0, 0.1) is 0 Å². The lowest BCUT2D eigenvalue weighted by atomic mass is 10.2. The van der Waals surface area contributed by atoms with E-state index in [-0.39, 0.29) is 5.11 Å². The average Bonchev–Trinajstić information content (AvgIpc) is 2.60. The van der Waals surface area contributed by atoms with Crippen LogP contribution >= 0.6 is 12.2 Å². The molecule has 0 spiro atoms. The molecule has 3 N–H and O–H groups in total. The summed E-state index contributed by atoms with van der Waals surface area (Å²) in [7, 11) is 2.02. The van der Waals surface area contributed by atoms with E-state index in [0.29, 0.717) is 0 Å². The van der Waals surface area contributed by atoms with Crippen LogP contribution in [0.4, 0.5) is 0 Å². The molecule has 1 aromatic carbocycles. The molecule has 0 radical (unpaired) electrons. The van der Waals surface area contributed by atoms with Crippen LogP contribution in [0.3, 0.4) is 0 Å². The topological polar surface area (TPSA) is 55.3 Å². The molecular formula is C11H12N4S. The van der Waals surface area contributed by atoms with Gasteiger partial charge in [0.05, 0.1) is 6.21 Å². The van der Waals surface area contributed by atoms with Crippen molar-refractivity contribution < 1.29 is 0 Å². The summed E-state index contributed by atoms with van der Waals surface area (Å²) in [6, 6.07) is 8.16. The molecule has 0 saturated heterocycles. The number of aromatic nitrogens is 1. The number of hydrazone groups is 1. The Morgan fingerprint density at radius 3 is 3.06 bits per heavy atom. The molecule has 82 valence electrons. The van der Waals surface area contributed by atoms with Gasteiger partial charge < -0.3 is 10.3 Å². The highest BCUT2D eigenvalue weighted by Gasteiger charge is 1.97. The number of hydrogen-bond donors (Lipinski definition) is 2. The number of fused-ring (bicyclic) bond motifs is 1. The first kappa shape index (κ1) is 10.6. The molecule has 0 amide bonds. The van der Waals surface area contributed by atoms with Crippen LogP contribution in [0.25, 0.3) is 10.9 Å². The van der Waals surface area contributed by atoms with Crippen LogP contribution < -0.4 is 11.2 Å². The van der Waals surface area contributed by atoms with Crippen molar-refractivity contribution in [3.63, 3.8) is 0 Å². The van der Waals surface area contributed by atoms with E-state index in [1.54, 1.807) is 6.21 Å². The molecule has 1 heterocycles. The number of hydrogen-bond acceptors (Lipinski definition) is 2. The van der Waals surface area contributed by atoms with Gasteiger partial charge in [-0.05, 0) is 36.0 Å². The summed E-state index contributed by atoms with van der Waals surface area (Å²) in [6.45, 7) is 0. The Hall–Kier alpha value is -1.88. The van der Waals surface area contributed by atoms with Gasteiger partial charge in [0.1, 0.15) is 0 Å². The van der Waals surface area contributed by atoms with E-state index in [1.807, 2.05) is 19.3 Å². The minimum atomic E-state index is 0.164. The summed E-state index contributed by atoms with van der Waals surface area (Å²) in [5, 5.41) is 5.25. The fourth-order valence-electron chi connectivity index (χ4n) is 1.55. The first-order valence-corrected chi connectivity index (χ1v) is 5.21. The molecule has 0 aliphatic carbocycles. The molecule has 0 fully saturated rings. The summed E-state index contributed by atoms with van der Waals surface area (Å²) in [6.07, 6.45) is 3.71. The number of nitrogens with zero attached hydrogens (tertiary/aromatic N) is 2. The Bertz CT molecular complexity index is 556. The molecular weight excluding hydrogens is 220 g/mol. The van der Waals surface area contributed by atoms with Crippen molar-refractivity contribution in [2.24, 2.45) is 17.9 Å². The van der Waals surface area contributed by atoms with E-state index in [1.165, 1.54) is 10.9 Å². The van der Waals surface area contributed by atoms with Crippen molar-refractivity contribution in [1.82, 2.24) is 9.99 Å². The average molecular weight is 232 g/mol. The highest BCUT2D eigenvalue weighted by Crippen LogP contribution is 2.15. The minimum Gasteiger partial charge on any atom is -0.375 e. The second-order valence-corrected chi connectivity index (χ2v) is 3.92. The van der Waals surface area contributed by atoms with Crippen molar-refractivity contribution in [3.8, 4) is 0 Å². The zero-order valence-corrected chi connectivity index (χ0v) is 9.66. The van der Waals surface area contributed by atoms with Crippen molar-refractivity contribution in [2.45, 2.75) is 0 Å². The van der Waals surface area contributed by atoms with Crippen molar-refractivity contribution in [1.29, 1.82) is 0 Å². The first-order valence-electron chi connectivity index (χ1n) is 4.80. The van der Waals surface area contributed by atoms with Gasteiger partial charge in [-0.1, -0.05) is 6.07 Å². The van der Waals surface area contributed by atoms with Crippen LogP contribution in [-0.2, 0) is 7.05 Å². The van der Waals surface area contributed by atoms with Crippen molar-refractivity contribution in [3.05, 3.63) is 36.0 Å². The Morgan fingerprint density at radius 1 is 1.50 bits per heavy atom. The van der Waals surface area contributed by atoms with Gasteiger partial charge in [0.25, 0.3) is 0 Å². The molecule has 0 saturated carbocycles. The van der Waals surface area contributed by atoms with Gasteiger partial charge in [-0.15, -0.1) is 0 Å². The van der Waals surface area contributed by atoms with E-state index in [0.717, 1.165) is 5.56 Å². The third kappa shape index (κ3) is 2.20. The predicted molar refractivity (Wildman–Crippen MR) is 70.4 cm³/mol. The van der Waals surface area contributed by atoms with Gasteiger partial charge in [0.2, 0.25) is 0 Å². The molecule has 5 heteroatoms. The number of rotatable bonds is 2. The van der Waals surface area contributed by atoms with Gasteiger partial charge in [0, 0.05) is 24.1 Å². The summed E-state index contributed by atoms with van der Waals surface area (Å²) in [4.78, 5) is 0. The molecule has 0 bridgehead atoms. The molecule has 2 rings (SSSR count). The molecule has 1 aromatic heterocycles. The fraction of sp³-hybridized carbons (Fsp3) is 0.0909. The molecule has 0 unspecified atom stereocenters. The monoisotopic (exact) mass is 232 g/mol. The van der Waals surface area contributed by atoms with Crippen LogP contribution in [0.2, 0.25) is 0 Å². The quantitative estimate of drug-likeness (QED) is 0.467. The van der Waals surface area contributed by atoms with Crippen molar-refractivity contribution >= 4 is 34.4 Å². The van der Waals surface area contributed by atoms with Crippen LogP contribution in [-0.4, -0.2) is 15.9 Å². The largest absolute Gasteiger partial charge is 0.375 e. The number of thiocarbonyl (C=S) groups is 1. The van der Waals surface area contributed by atoms with Crippen LogP contribution in [0.1, 0.15) is 5.56 Å². The van der Waals surface area contributed by atoms with Crippen LogP contribution in [0.15, 0.2) is 35.6 Å². The molecule has 0 aliphatic rings. The molecule has 2 aromatic rings. The SMILES string of the molecule is Cn1ccc2cc(/C=N\NC(N)=S)ccc21. The van der Waals surface area contributed by atoms with E-state index >= 15 is 0 Å². The third-order valence-electron chi connectivity index (χ3n) is 2.30. The summed E-state index contributed by atoms with van der Waals surface area (Å²) < 4.78 is 2.07. The second-order valence-electron chi connectivity index (χ2n) is 3.48. The zero-order chi connectivity index (χ0) is 11.5. The number of nitrogens with two attached hydrogens (primary N) is 1. The maximum absolute atomic E-state index is 5.25. The van der Waals surface area contributed by atoms with E-state index < -0.39 is 0 Å². The minimum absolute atomic E-state index is 0.164. The van der Waals surface area contributed by atoms with Gasteiger partial charge >= 0.3 is 0 Å². The van der Waals surface area contributed by atoms with E-state index in [9.17, 15) is 0 Å². The molecule has 0 atom stereocenters. The lowest BCUT2D eigenvalue weighted by Crippen LogP contribution is -2.23. The Balaban J connectivity index is 2.26. The van der Waals surface area contributed by atoms with Crippen LogP contribution in [0.5, 0.6) is 0 Å². The highest BCUT2D eigenvalue weighted by molar-refractivity contribution is 7.80. The smallest absolute Gasteiger partial charge is 0.184 e. The van der Waals surface area contributed by atoms with Crippen molar-refractivity contribution in [2.75, 3.05) is 0 Å². The standard InChI is InChI=1S/C11H12N4S/c1-15-5-4-9-6-8(2-3-10(9)15)7-13-14-11(12)16/h2-7H,1H3,(H3,12,14,16)/b13-7-. The van der Waals surface area contributed by atoms with E-state index in [2.05, 4.69) is 45.5 Å². The first-order chi connectivity index (χ1) is 7.66. The fourth-order valence-corrected chi connectivity index (χ4v) is 1.60. The lowest BCUT2D eigenvalue weighted by Gasteiger charge is -1.98. The Morgan fingerprint density at radius 2 is 2.31 bits per heavy atom. The third-order valence-corrected chi connectivity index (χ3v) is 2.39. The van der Waals surface area contributed by atoms with E-state index in [4.69, 9.17) is 5.73 Å².